The summed E-state index contributed by atoms with van der Waals surface area (Å²) in [4.78, 5) is 15.7. The van der Waals surface area contributed by atoms with Crippen LogP contribution in [-0.4, -0.2) is 17.1 Å². The molecule has 4 nitrogen and oxygen atoms in total. The van der Waals surface area contributed by atoms with E-state index < -0.39 is 0 Å². The summed E-state index contributed by atoms with van der Waals surface area (Å²) in [6.45, 7) is 6.45. The van der Waals surface area contributed by atoms with Gasteiger partial charge in [-0.1, -0.05) is 13.8 Å². The number of rotatable bonds is 5. The van der Waals surface area contributed by atoms with Gasteiger partial charge in [-0.25, -0.2) is 9.78 Å². The van der Waals surface area contributed by atoms with Crippen LogP contribution >= 0.6 is 11.3 Å². The van der Waals surface area contributed by atoms with Crippen molar-refractivity contribution in [3.63, 3.8) is 0 Å². The van der Waals surface area contributed by atoms with Crippen LogP contribution in [0.4, 0.5) is 0 Å². The third kappa shape index (κ3) is 3.90. The number of carbonyl (C=O) groups is 1. The molecular formula is C11H18N2O2S. The molecule has 0 saturated carbocycles. The second kappa shape index (κ2) is 5.96. The number of thiazole rings is 1. The standard InChI is InChI=1S/C11H18N2O2S/c1-7(2)4-8(3)15-11(14)9-6-16-10(5-12)13-9/h6-8H,4-5,12H2,1-3H3. The summed E-state index contributed by atoms with van der Waals surface area (Å²) in [6.07, 6.45) is 0.787. The maximum absolute atomic E-state index is 11.6. The smallest absolute Gasteiger partial charge is 0.358 e. The van der Waals surface area contributed by atoms with Crippen LogP contribution in [0.1, 0.15) is 42.7 Å². The topological polar surface area (TPSA) is 65.2 Å². The highest BCUT2D eigenvalue weighted by molar-refractivity contribution is 7.09. The van der Waals surface area contributed by atoms with E-state index in [9.17, 15) is 4.79 Å². The van der Waals surface area contributed by atoms with Crippen LogP contribution in [0.15, 0.2) is 5.38 Å². The first kappa shape index (κ1) is 13.1. The Kier molecular flexibility index (Phi) is 4.89. The van der Waals surface area contributed by atoms with Crippen molar-refractivity contribution in [2.75, 3.05) is 0 Å². The van der Waals surface area contributed by atoms with Gasteiger partial charge in [0, 0.05) is 11.9 Å². The minimum atomic E-state index is -0.357. The summed E-state index contributed by atoms with van der Waals surface area (Å²) < 4.78 is 5.27. The van der Waals surface area contributed by atoms with Gasteiger partial charge in [0.25, 0.3) is 0 Å². The van der Waals surface area contributed by atoms with E-state index in [1.807, 2.05) is 6.92 Å². The zero-order valence-electron chi connectivity index (χ0n) is 9.90. The molecule has 2 N–H and O–H groups in total. The Labute approximate surface area is 99.8 Å². The average molecular weight is 242 g/mol. The Bertz CT molecular complexity index is 350. The zero-order valence-corrected chi connectivity index (χ0v) is 10.7. The predicted molar refractivity (Wildman–Crippen MR) is 64.3 cm³/mol. The first-order valence-corrected chi connectivity index (χ1v) is 6.26. The number of carbonyl (C=O) groups excluding carboxylic acids is 1. The van der Waals surface area contributed by atoms with E-state index >= 15 is 0 Å². The zero-order chi connectivity index (χ0) is 12.1. The molecular weight excluding hydrogens is 224 g/mol. The molecule has 0 radical (unpaired) electrons. The van der Waals surface area contributed by atoms with Gasteiger partial charge in [0.05, 0.1) is 6.10 Å². The second-order valence-electron chi connectivity index (χ2n) is 4.18. The van der Waals surface area contributed by atoms with E-state index in [1.54, 1.807) is 5.38 Å². The van der Waals surface area contributed by atoms with Gasteiger partial charge in [-0.05, 0) is 19.3 Å². The molecule has 0 aliphatic heterocycles. The molecule has 1 heterocycles. The molecule has 0 aromatic carbocycles. The first-order valence-electron chi connectivity index (χ1n) is 5.38. The highest BCUT2D eigenvalue weighted by atomic mass is 32.1. The number of hydrogen-bond donors (Lipinski definition) is 1. The molecule has 1 atom stereocenters. The molecule has 0 saturated heterocycles. The summed E-state index contributed by atoms with van der Waals surface area (Å²) in [6, 6.07) is 0. The maximum Gasteiger partial charge on any atom is 0.358 e. The van der Waals surface area contributed by atoms with Crippen molar-refractivity contribution in [3.05, 3.63) is 16.1 Å². The van der Waals surface area contributed by atoms with Crippen molar-refractivity contribution in [3.8, 4) is 0 Å². The number of hydrogen-bond acceptors (Lipinski definition) is 5. The van der Waals surface area contributed by atoms with E-state index in [-0.39, 0.29) is 12.1 Å². The highest BCUT2D eigenvalue weighted by Crippen LogP contribution is 2.13. The van der Waals surface area contributed by atoms with Crippen LogP contribution < -0.4 is 5.73 Å². The lowest BCUT2D eigenvalue weighted by Crippen LogP contribution is -2.17. The van der Waals surface area contributed by atoms with Gasteiger partial charge < -0.3 is 10.5 Å². The Morgan fingerprint density at radius 2 is 2.25 bits per heavy atom. The van der Waals surface area contributed by atoms with Crippen LogP contribution in [0, 0.1) is 5.92 Å². The lowest BCUT2D eigenvalue weighted by Gasteiger charge is -2.14. The molecule has 0 aliphatic carbocycles. The Morgan fingerprint density at radius 3 is 2.75 bits per heavy atom. The normalized spacial score (nSPS) is 12.8. The first-order chi connectivity index (χ1) is 7.52. The van der Waals surface area contributed by atoms with E-state index in [1.165, 1.54) is 11.3 Å². The molecule has 1 rings (SSSR count). The molecule has 0 spiro atoms. The van der Waals surface area contributed by atoms with Gasteiger partial charge in [-0.15, -0.1) is 11.3 Å². The second-order valence-corrected chi connectivity index (χ2v) is 5.12. The summed E-state index contributed by atoms with van der Waals surface area (Å²) in [5, 5.41) is 2.44. The van der Waals surface area contributed by atoms with Gasteiger partial charge in [0.15, 0.2) is 5.69 Å². The molecule has 1 aromatic heterocycles. The fourth-order valence-electron chi connectivity index (χ4n) is 1.45. The summed E-state index contributed by atoms with van der Waals surface area (Å²) in [7, 11) is 0. The largest absolute Gasteiger partial charge is 0.458 e. The number of esters is 1. The number of nitrogens with two attached hydrogens (primary N) is 1. The monoisotopic (exact) mass is 242 g/mol. The minimum absolute atomic E-state index is 0.0736. The lowest BCUT2D eigenvalue weighted by molar-refractivity contribution is 0.0293. The Hall–Kier alpha value is -0.940. The lowest BCUT2D eigenvalue weighted by atomic mass is 10.1. The fourth-order valence-corrected chi connectivity index (χ4v) is 2.10. The van der Waals surface area contributed by atoms with Crippen molar-refractivity contribution in [2.24, 2.45) is 11.7 Å². The molecule has 0 aliphatic rings. The maximum atomic E-state index is 11.6. The number of ether oxygens (including phenoxy) is 1. The summed E-state index contributed by atoms with van der Waals surface area (Å²) >= 11 is 1.38. The van der Waals surface area contributed by atoms with Crippen LogP contribution in [-0.2, 0) is 11.3 Å². The summed E-state index contributed by atoms with van der Waals surface area (Å²) in [5.74, 6) is 0.155. The van der Waals surface area contributed by atoms with E-state index in [2.05, 4.69) is 18.8 Å². The minimum Gasteiger partial charge on any atom is -0.458 e. The van der Waals surface area contributed by atoms with E-state index in [0.29, 0.717) is 18.2 Å². The molecule has 16 heavy (non-hydrogen) atoms. The predicted octanol–water partition coefficient (Wildman–Crippen LogP) is 2.19. The van der Waals surface area contributed by atoms with Gasteiger partial charge in [0.1, 0.15) is 5.01 Å². The third-order valence-corrected chi connectivity index (χ3v) is 2.92. The van der Waals surface area contributed by atoms with Gasteiger partial charge in [-0.2, -0.15) is 0 Å². The Balaban J connectivity index is 2.51. The van der Waals surface area contributed by atoms with Gasteiger partial charge in [-0.3, -0.25) is 0 Å². The summed E-state index contributed by atoms with van der Waals surface area (Å²) in [5.41, 5.74) is 5.79. The average Bonchev–Trinajstić information content (AvgIpc) is 2.64. The number of nitrogens with zero attached hydrogens (tertiary/aromatic N) is 1. The Morgan fingerprint density at radius 1 is 1.56 bits per heavy atom. The molecule has 1 unspecified atom stereocenters. The highest BCUT2D eigenvalue weighted by Gasteiger charge is 2.15. The van der Waals surface area contributed by atoms with Crippen molar-refractivity contribution >= 4 is 17.3 Å². The SMILES string of the molecule is CC(C)CC(C)OC(=O)c1csc(CN)n1. The molecule has 90 valence electrons. The van der Waals surface area contributed by atoms with Crippen LogP contribution in [0.25, 0.3) is 0 Å². The van der Waals surface area contributed by atoms with Crippen LogP contribution in [0.3, 0.4) is 0 Å². The van der Waals surface area contributed by atoms with Crippen molar-refractivity contribution in [2.45, 2.75) is 39.8 Å². The fraction of sp³-hybridized carbons (Fsp3) is 0.636. The van der Waals surface area contributed by atoms with E-state index in [4.69, 9.17) is 10.5 Å². The number of aromatic nitrogens is 1. The molecule has 5 heteroatoms. The van der Waals surface area contributed by atoms with Gasteiger partial charge in [0.2, 0.25) is 0 Å². The molecule has 0 bridgehead atoms. The third-order valence-electron chi connectivity index (χ3n) is 2.05. The molecule has 1 aromatic rings. The van der Waals surface area contributed by atoms with Crippen molar-refractivity contribution in [1.82, 2.24) is 4.98 Å². The molecule has 0 amide bonds. The van der Waals surface area contributed by atoms with Crippen LogP contribution in [0.2, 0.25) is 0 Å². The quantitative estimate of drug-likeness (QED) is 0.804. The molecule has 0 fully saturated rings. The van der Waals surface area contributed by atoms with E-state index in [0.717, 1.165) is 11.4 Å². The van der Waals surface area contributed by atoms with Crippen LogP contribution in [0.5, 0.6) is 0 Å². The van der Waals surface area contributed by atoms with Gasteiger partial charge >= 0.3 is 5.97 Å². The van der Waals surface area contributed by atoms with Crippen molar-refractivity contribution in [1.29, 1.82) is 0 Å². The van der Waals surface area contributed by atoms with Crippen molar-refractivity contribution < 1.29 is 9.53 Å².